The third-order valence-electron chi connectivity index (χ3n) is 2.48. The minimum absolute atomic E-state index is 0.0462. The highest BCUT2D eigenvalue weighted by Crippen LogP contribution is 2.19. The van der Waals surface area contributed by atoms with E-state index < -0.39 is 0 Å². The van der Waals surface area contributed by atoms with E-state index >= 15 is 0 Å². The molecule has 0 amide bonds. The molecule has 15 heavy (non-hydrogen) atoms. The lowest BCUT2D eigenvalue weighted by molar-refractivity contribution is 0.0472. The zero-order valence-corrected chi connectivity index (χ0v) is 9.66. The van der Waals surface area contributed by atoms with Gasteiger partial charge in [0.2, 0.25) is 0 Å². The van der Waals surface area contributed by atoms with Gasteiger partial charge < -0.3 is 4.74 Å². The van der Waals surface area contributed by atoms with Crippen molar-refractivity contribution in [2.45, 2.75) is 32.9 Å². The molecule has 84 valence electrons. The van der Waals surface area contributed by atoms with Crippen molar-refractivity contribution in [3.63, 3.8) is 0 Å². The van der Waals surface area contributed by atoms with E-state index in [1.165, 1.54) is 11.1 Å². The fourth-order valence-electron chi connectivity index (χ4n) is 1.73. The summed E-state index contributed by atoms with van der Waals surface area (Å²) in [4.78, 5) is 0. The fourth-order valence-corrected chi connectivity index (χ4v) is 1.73. The van der Waals surface area contributed by atoms with Crippen molar-refractivity contribution in [3.05, 3.63) is 35.4 Å². The number of hydrogen-bond donors (Lipinski definition) is 2. The first-order chi connectivity index (χ1) is 7.19. The van der Waals surface area contributed by atoms with Gasteiger partial charge in [-0.1, -0.05) is 29.8 Å². The fraction of sp³-hybridized carbons (Fsp3) is 0.500. The lowest BCUT2D eigenvalue weighted by Crippen LogP contribution is -2.36. The number of hydrazine groups is 1. The Balaban J connectivity index is 2.82. The van der Waals surface area contributed by atoms with Gasteiger partial charge in [0.15, 0.2) is 0 Å². The summed E-state index contributed by atoms with van der Waals surface area (Å²) in [5.41, 5.74) is 5.20. The van der Waals surface area contributed by atoms with Crippen LogP contribution in [0.2, 0.25) is 0 Å². The van der Waals surface area contributed by atoms with Crippen molar-refractivity contribution in [2.24, 2.45) is 5.84 Å². The molecule has 1 aromatic rings. The van der Waals surface area contributed by atoms with E-state index in [2.05, 4.69) is 30.5 Å². The van der Waals surface area contributed by atoms with Gasteiger partial charge in [-0.25, -0.2) is 0 Å². The maximum atomic E-state index is 5.56. The van der Waals surface area contributed by atoms with E-state index in [-0.39, 0.29) is 12.1 Å². The normalized spacial score (nSPS) is 14.9. The second kappa shape index (κ2) is 5.85. The SMILES string of the molecule is CCOC(C)C(NN)c1cccc(C)c1. The summed E-state index contributed by atoms with van der Waals surface area (Å²) in [5.74, 6) is 5.56. The van der Waals surface area contributed by atoms with Crippen molar-refractivity contribution in [2.75, 3.05) is 6.61 Å². The summed E-state index contributed by atoms with van der Waals surface area (Å²) in [7, 11) is 0. The average Bonchev–Trinajstić information content (AvgIpc) is 2.19. The standard InChI is InChI=1S/C12H20N2O/c1-4-15-10(3)12(14-13)11-7-5-6-9(2)8-11/h5-8,10,12,14H,4,13H2,1-3H3. The molecule has 1 aromatic carbocycles. The minimum Gasteiger partial charge on any atom is -0.377 e. The van der Waals surface area contributed by atoms with Crippen LogP contribution in [0.25, 0.3) is 0 Å². The first kappa shape index (κ1) is 12.2. The molecule has 0 fully saturated rings. The quantitative estimate of drug-likeness (QED) is 0.574. The van der Waals surface area contributed by atoms with Crippen molar-refractivity contribution < 1.29 is 4.74 Å². The third-order valence-corrected chi connectivity index (χ3v) is 2.48. The molecule has 1 rings (SSSR count). The van der Waals surface area contributed by atoms with E-state index in [9.17, 15) is 0 Å². The van der Waals surface area contributed by atoms with E-state index in [4.69, 9.17) is 10.6 Å². The number of rotatable bonds is 5. The molecule has 0 aromatic heterocycles. The molecule has 0 saturated heterocycles. The molecule has 2 atom stereocenters. The zero-order chi connectivity index (χ0) is 11.3. The molecule has 0 bridgehead atoms. The van der Waals surface area contributed by atoms with Gasteiger partial charge in [-0.15, -0.1) is 0 Å². The van der Waals surface area contributed by atoms with Crippen LogP contribution < -0.4 is 11.3 Å². The predicted molar refractivity (Wildman–Crippen MR) is 62.3 cm³/mol. The highest BCUT2D eigenvalue weighted by atomic mass is 16.5. The van der Waals surface area contributed by atoms with Crippen molar-refractivity contribution in [3.8, 4) is 0 Å². The second-order valence-electron chi connectivity index (χ2n) is 3.72. The average molecular weight is 208 g/mol. The molecule has 0 radical (unpaired) electrons. The first-order valence-corrected chi connectivity index (χ1v) is 5.33. The van der Waals surface area contributed by atoms with Gasteiger partial charge in [0.25, 0.3) is 0 Å². The molecule has 0 aliphatic rings. The van der Waals surface area contributed by atoms with Gasteiger partial charge in [-0.2, -0.15) is 0 Å². The Kier molecular flexibility index (Phi) is 4.75. The van der Waals surface area contributed by atoms with Crippen LogP contribution in [-0.4, -0.2) is 12.7 Å². The van der Waals surface area contributed by atoms with E-state index in [0.717, 1.165) is 0 Å². The second-order valence-corrected chi connectivity index (χ2v) is 3.72. The molecule has 0 saturated carbocycles. The molecule has 0 aliphatic carbocycles. The minimum atomic E-state index is 0.0462. The summed E-state index contributed by atoms with van der Waals surface area (Å²) in [6.07, 6.45) is 0.0711. The van der Waals surface area contributed by atoms with Gasteiger partial charge in [-0.3, -0.25) is 11.3 Å². The first-order valence-electron chi connectivity index (χ1n) is 5.33. The van der Waals surface area contributed by atoms with E-state index in [0.29, 0.717) is 6.61 Å². The van der Waals surface area contributed by atoms with Gasteiger partial charge >= 0.3 is 0 Å². The molecular formula is C12H20N2O. The summed E-state index contributed by atoms with van der Waals surface area (Å²) in [6, 6.07) is 8.34. The zero-order valence-electron chi connectivity index (χ0n) is 9.66. The third kappa shape index (κ3) is 3.30. The molecule has 3 nitrogen and oxygen atoms in total. The van der Waals surface area contributed by atoms with Gasteiger partial charge in [0.05, 0.1) is 12.1 Å². The molecule has 0 heterocycles. The maximum Gasteiger partial charge on any atom is 0.0754 e. The number of nitrogens with one attached hydrogen (secondary N) is 1. The van der Waals surface area contributed by atoms with Crippen molar-refractivity contribution in [1.29, 1.82) is 0 Å². The monoisotopic (exact) mass is 208 g/mol. The highest BCUT2D eigenvalue weighted by molar-refractivity contribution is 5.25. The lowest BCUT2D eigenvalue weighted by Gasteiger charge is -2.23. The van der Waals surface area contributed by atoms with Crippen molar-refractivity contribution in [1.82, 2.24) is 5.43 Å². The number of benzene rings is 1. The Labute approximate surface area is 91.6 Å². The molecule has 3 N–H and O–H groups in total. The van der Waals surface area contributed by atoms with Crippen LogP contribution in [0.5, 0.6) is 0 Å². The number of aryl methyl sites for hydroxylation is 1. The predicted octanol–water partition coefficient (Wildman–Crippen LogP) is 1.92. The topological polar surface area (TPSA) is 47.3 Å². The Hall–Kier alpha value is -0.900. The van der Waals surface area contributed by atoms with Crippen LogP contribution in [-0.2, 0) is 4.74 Å². The largest absolute Gasteiger partial charge is 0.377 e. The van der Waals surface area contributed by atoms with Crippen LogP contribution in [0.4, 0.5) is 0 Å². The van der Waals surface area contributed by atoms with Gasteiger partial charge in [-0.05, 0) is 26.3 Å². The number of nitrogens with two attached hydrogens (primary N) is 1. The molecule has 3 heteroatoms. The van der Waals surface area contributed by atoms with Gasteiger partial charge in [0.1, 0.15) is 0 Å². The maximum absolute atomic E-state index is 5.56. The summed E-state index contributed by atoms with van der Waals surface area (Å²) < 4.78 is 5.55. The van der Waals surface area contributed by atoms with Crippen LogP contribution in [0, 0.1) is 6.92 Å². The van der Waals surface area contributed by atoms with Crippen molar-refractivity contribution >= 4 is 0 Å². The molecular weight excluding hydrogens is 188 g/mol. The summed E-state index contributed by atoms with van der Waals surface area (Å²) in [5, 5.41) is 0. The Bertz CT molecular complexity index is 301. The van der Waals surface area contributed by atoms with Crippen LogP contribution in [0.15, 0.2) is 24.3 Å². The summed E-state index contributed by atoms with van der Waals surface area (Å²) in [6.45, 7) is 6.78. The molecule has 0 spiro atoms. The van der Waals surface area contributed by atoms with Crippen LogP contribution in [0.1, 0.15) is 31.0 Å². The van der Waals surface area contributed by atoms with E-state index in [1.807, 2.05) is 19.9 Å². The Morgan fingerprint density at radius 2 is 2.20 bits per heavy atom. The highest BCUT2D eigenvalue weighted by Gasteiger charge is 2.17. The molecule has 2 unspecified atom stereocenters. The Morgan fingerprint density at radius 3 is 2.73 bits per heavy atom. The van der Waals surface area contributed by atoms with Crippen LogP contribution in [0.3, 0.4) is 0 Å². The Morgan fingerprint density at radius 1 is 1.47 bits per heavy atom. The van der Waals surface area contributed by atoms with E-state index in [1.54, 1.807) is 0 Å². The van der Waals surface area contributed by atoms with Crippen LogP contribution >= 0.6 is 0 Å². The molecule has 0 aliphatic heterocycles. The lowest BCUT2D eigenvalue weighted by atomic mass is 10.0. The summed E-state index contributed by atoms with van der Waals surface area (Å²) >= 11 is 0. The number of ether oxygens (including phenoxy) is 1. The number of hydrogen-bond acceptors (Lipinski definition) is 3. The smallest absolute Gasteiger partial charge is 0.0754 e. The van der Waals surface area contributed by atoms with Gasteiger partial charge in [0, 0.05) is 6.61 Å².